The van der Waals surface area contributed by atoms with E-state index in [1.54, 1.807) is 17.1 Å². The van der Waals surface area contributed by atoms with Crippen molar-refractivity contribution in [3.63, 3.8) is 0 Å². The highest BCUT2D eigenvalue weighted by Crippen LogP contribution is 2.12. The quantitative estimate of drug-likeness (QED) is 0.605. The van der Waals surface area contributed by atoms with Gasteiger partial charge in [0.05, 0.1) is 12.1 Å². The largest absolute Gasteiger partial charge is 0.347 e. The maximum absolute atomic E-state index is 12.3. The average Bonchev–Trinajstić information content (AvgIpc) is 3.20. The first kappa shape index (κ1) is 16.0. The molecule has 2 aromatic carbocycles. The Bertz CT molecular complexity index is 1030. The summed E-state index contributed by atoms with van der Waals surface area (Å²) in [6.45, 7) is 1.13. The number of pyridine rings is 1. The number of benzene rings is 2. The van der Waals surface area contributed by atoms with E-state index in [0.29, 0.717) is 18.8 Å². The zero-order valence-electron chi connectivity index (χ0n) is 14.0. The number of para-hydroxylation sites is 1. The van der Waals surface area contributed by atoms with Crippen molar-refractivity contribution in [2.45, 2.75) is 13.1 Å². The summed E-state index contributed by atoms with van der Waals surface area (Å²) < 4.78 is 1.77. The zero-order valence-corrected chi connectivity index (χ0v) is 14.0. The van der Waals surface area contributed by atoms with Crippen LogP contribution >= 0.6 is 0 Å². The summed E-state index contributed by atoms with van der Waals surface area (Å²) in [7, 11) is 0. The first-order chi connectivity index (χ1) is 12.8. The summed E-state index contributed by atoms with van der Waals surface area (Å²) in [6, 6.07) is 19.5. The Balaban J connectivity index is 1.38. The predicted molar refractivity (Wildman–Crippen MR) is 98.5 cm³/mol. The number of nitrogens with one attached hydrogen (secondary N) is 1. The van der Waals surface area contributed by atoms with Crippen LogP contribution in [0.25, 0.3) is 10.9 Å². The Hall–Kier alpha value is -3.54. The predicted octanol–water partition coefficient (Wildman–Crippen LogP) is 2.80. The number of aromatic nitrogens is 4. The van der Waals surface area contributed by atoms with Crippen LogP contribution in [0, 0.1) is 0 Å². The van der Waals surface area contributed by atoms with Crippen molar-refractivity contribution in [3.05, 3.63) is 90.1 Å². The van der Waals surface area contributed by atoms with E-state index in [0.717, 1.165) is 22.0 Å². The molecule has 0 unspecified atom stereocenters. The summed E-state index contributed by atoms with van der Waals surface area (Å²) in [6.07, 6.45) is 3.20. The number of hydrogen-bond donors (Lipinski definition) is 1. The van der Waals surface area contributed by atoms with Gasteiger partial charge in [-0.05, 0) is 23.3 Å². The number of rotatable bonds is 5. The van der Waals surface area contributed by atoms with Crippen LogP contribution in [0.4, 0.5) is 0 Å². The summed E-state index contributed by atoms with van der Waals surface area (Å²) >= 11 is 0. The third-order valence-electron chi connectivity index (χ3n) is 4.12. The Labute approximate surface area is 150 Å². The minimum Gasteiger partial charge on any atom is -0.347 e. The van der Waals surface area contributed by atoms with E-state index in [1.807, 2.05) is 54.6 Å². The number of amides is 1. The fraction of sp³-hybridized carbons (Fsp3) is 0.100. The van der Waals surface area contributed by atoms with Crippen molar-refractivity contribution in [3.8, 4) is 0 Å². The van der Waals surface area contributed by atoms with Crippen LogP contribution in [0.5, 0.6) is 0 Å². The molecule has 2 heterocycles. The van der Waals surface area contributed by atoms with Crippen molar-refractivity contribution in [1.29, 1.82) is 0 Å². The Morgan fingerprint density at radius 3 is 2.58 bits per heavy atom. The summed E-state index contributed by atoms with van der Waals surface area (Å²) in [5.74, 6) is -0.178. The van der Waals surface area contributed by atoms with Crippen LogP contribution in [0.3, 0.4) is 0 Å². The standard InChI is InChI=1S/C20H17N5O/c26-20(19-10-9-17-3-1-2-4-18(17)24-19)22-11-15-5-7-16(8-6-15)12-25-14-21-13-23-25/h1-10,13-14H,11-12H2,(H,22,26). The van der Waals surface area contributed by atoms with E-state index in [2.05, 4.69) is 20.4 Å². The maximum atomic E-state index is 12.3. The van der Waals surface area contributed by atoms with Gasteiger partial charge in [0.25, 0.3) is 5.91 Å². The second-order valence-corrected chi connectivity index (χ2v) is 5.98. The van der Waals surface area contributed by atoms with Gasteiger partial charge in [0.1, 0.15) is 18.3 Å². The molecule has 0 saturated carbocycles. The molecule has 1 amide bonds. The van der Waals surface area contributed by atoms with Gasteiger partial charge in [0.15, 0.2) is 0 Å². The zero-order chi connectivity index (χ0) is 17.8. The fourth-order valence-corrected chi connectivity index (χ4v) is 2.73. The van der Waals surface area contributed by atoms with Crippen molar-refractivity contribution >= 4 is 16.8 Å². The molecule has 26 heavy (non-hydrogen) atoms. The molecule has 0 atom stereocenters. The van der Waals surface area contributed by atoms with Crippen molar-refractivity contribution in [2.75, 3.05) is 0 Å². The molecule has 0 radical (unpaired) electrons. The molecule has 0 spiro atoms. The Morgan fingerprint density at radius 1 is 0.962 bits per heavy atom. The second kappa shape index (κ2) is 7.14. The summed E-state index contributed by atoms with van der Waals surface area (Å²) in [4.78, 5) is 20.7. The topological polar surface area (TPSA) is 72.7 Å². The number of hydrogen-bond acceptors (Lipinski definition) is 4. The highest BCUT2D eigenvalue weighted by Gasteiger charge is 2.08. The van der Waals surface area contributed by atoms with E-state index in [-0.39, 0.29) is 5.91 Å². The Morgan fingerprint density at radius 2 is 1.77 bits per heavy atom. The van der Waals surface area contributed by atoms with E-state index >= 15 is 0 Å². The van der Waals surface area contributed by atoms with Crippen LogP contribution in [-0.4, -0.2) is 25.7 Å². The van der Waals surface area contributed by atoms with Gasteiger partial charge < -0.3 is 5.32 Å². The number of nitrogens with zero attached hydrogens (tertiary/aromatic N) is 4. The first-order valence-electron chi connectivity index (χ1n) is 8.32. The minimum atomic E-state index is -0.178. The molecule has 0 aliphatic rings. The minimum absolute atomic E-state index is 0.178. The molecule has 1 N–H and O–H groups in total. The summed E-state index contributed by atoms with van der Waals surface area (Å²) in [5.41, 5.74) is 3.40. The number of carbonyl (C=O) groups excluding carboxylic acids is 1. The average molecular weight is 343 g/mol. The molecule has 6 nitrogen and oxygen atoms in total. The highest BCUT2D eigenvalue weighted by atomic mass is 16.1. The monoisotopic (exact) mass is 343 g/mol. The molecule has 128 valence electrons. The molecular formula is C20H17N5O. The molecule has 4 rings (SSSR count). The fourth-order valence-electron chi connectivity index (χ4n) is 2.73. The van der Waals surface area contributed by atoms with Gasteiger partial charge in [0.2, 0.25) is 0 Å². The maximum Gasteiger partial charge on any atom is 0.270 e. The van der Waals surface area contributed by atoms with Crippen molar-refractivity contribution < 1.29 is 4.79 Å². The molecule has 0 saturated heterocycles. The molecule has 0 aliphatic carbocycles. The van der Waals surface area contributed by atoms with Gasteiger partial charge in [-0.3, -0.25) is 4.79 Å². The van der Waals surface area contributed by atoms with Gasteiger partial charge in [-0.2, -0.15) is 5.10 Å². The lowest BCUT2D eigenvalue weighted by molar-refractivity contribution is 0.0946. The molecule has 0 aliphatic heterocycles. The van der Waals surface area contributed by atoms with Gasteiger partial charge in [0, 0.05) is 11.9 Å². The molecule has 0 fully saturated rings. The molecular weight excluding hydrogens is 326 g/mol. The third-order valence-corrected chi connectivity index (χ3v) is 4.12. The lowest BCUT2D eigenvalue weighted by Gasteiger charge is -2.07. The van der Waals surface area contributed by atoms with E-state index in [4.69, 9.17) is 0 Å². The van der Waals surface area contributed by atoms with Crippen LogP contribution in [0.2, 0.25) is 0 Å². The number of fused-ring (bicyclic) bond motifs is 1. The van der Waals surface area contributed by atoms with E-state index in [9.17, 15) is 4.79 Å². The van der Waals surface area contributed by atoms with Crippen LogP contribution in [-0.2, 0) is 13.1 Å². The van der Waals surface area contributed by atoms with Gasteiger partial charge in [-0.25, -0.2) is 14.6 Å². The third kappa shape index (κ3) is 3.59. The van der Waals surface area contributed by atoms with Crippen molar-refractivity contribution in [1.82, 2.24) is 25.1 Å². The second-order valence-electron chi connectivity index (χ2n) is 5.98. The summed E-state index contributed by atoms with van der Waals surface area (Å²) in [5, 5.41) is 8.03. The molecule has 0 bridgehead atoms. The number of carbonyl (C=O) groups is 1. The molecule has 4 aromatic rings. The SMILES string of the molecule is O=C(NCc1ccc(Cn2cncn2)cc1)c1ccc2ccccc2n1. The van der Waals surface area contributed by atoms with Crippen molar-refractivity contribution in [2.24, 2.45) is 0 Å². The first-order valence-corrected chi connectivity index (χ1v) is 8.32. The van der Waals surface area contributed by atoms with E-state index in [1.165, 1.54) is 6.33 Å². The van der Waals surface area contributed by atoms with Gasteiger partial charge >= 0.3 is 0 Å². The highest BCUT2D eigenvalue weighted by molar-refractivity contribution is 5.94. The van der Waals surface area contributed by atoms with Crippen LogP contribution in [0.15, 0.2) is 73.3 Å². The van der Waals surface area contributed by atoms with Crippen LogP contribution < -0.4 is 5.32 Å². The van der Waals surface area contributed by atoms with Gasteiger partial charge in [-0.15, -0.1) is 0 Å². The Kier molecular flexibility index (Phi) is 4.38. The molecule has 6 heteroatoms. The van der Waals surface area contributed by atoms with E-state index < -0.39 is 0 Å². The lowest BCUT2D eigenvalue weighted by atomic mass is 10.1. The van der Waals surface area contributed by atoms with Crippen LogP contribution in [0.1, 0.15) is 21.6 Å². The smallest absolute Gasteiger partial charge is 0.270 e. The molecule has 2 aromatic heterocycles. The lowest BCUT2D eigenvalue weighted by Crippen LogP contribution is -2.23. The normalized spacial score (nSPS) is 10.8. The van der Waals surface area contributed by atoms with Gasteiger partial charge in [-0.1, -0.05) is 48.5 Å².